The summed E-state index contributed by atoms with van der Waals surface area (Å²) in [5, 5.41) is 6.78. The van der Waals surface area contributed by atoms with Gasteiger partial charge in [0.05, 0.1) is 12.4 Å². The summed E-state index contributed by atoms with van der Waals surface area (Å²) >= 11 is 1.17. The molecule has 1 aromatic heterocycles. The number of esters is 1. The molecule has 0 saturated carbocycles. The van der Waals surface area contributed by atoms with E-state index in [1.807, 2.05) is 13.8 Å². The summed E-state index contributed by atoms with van der Waals surface area (Å²) in [4.78, 5) is 23.4. The van der Waals surface area contributed by atoms with Crippen LogP contribution in [0.2, 0.25) is 0 Å². The number of ether oxygens (including phenoxy) is 2. The number of benzene rings is 1. The van der Waals surface area contributed by atoms with Crippen molar-refractivity contribution in [1.29, 1.82) is 0 Å². The van der Waals surface area contributed by atoms with E-state index in [0.29, 0.717) is 24.1 Å². The molecule has 1 heterocycles. The van der Waals surface area contributed by atoms with E-state index in [1.54, 1.807) is 24.3 Å². The quantitative estimate of drug-likeness (QED) is 0.451. The molecule has 2 aromatic rings. The van der Waals surface area contributed by atoms with E-state index >= 15 is 0 Å². The predicted octanol–water partition coefficient (Wildman–Crippen LogP) is 2.08. The molecule has 0 aliphatic heterocycles. The molecule has 1 aromatic carbocycles. The van der Waals surface area contributed by atoms with Gasteiger partial charge in [-0.05, 0) is 37.6 Å². The second kappa shape index (κ2) is 8.42. The van der Waals surface area contributed by atoms with Crippen LogP contribution >= 0.6 is 11.8 Å². The van der Waals surface area contributed by atoms with Gasteiger partial charge in [-0.1, -0.05) is 18.7 Å². The number of nitrogens with zero attached hydrogens (tertiary/aromatic N) is 2. The molecule has 2 rings (SSSR count). The Morgan fingerprint density at radius 1 is 1.26 bits per heavy atom. The van der Waals surface area contributed by atoms with Gasteiger partial charge in [-0.15, -0.1) is 5.10 Å². The van der Waals surface area contributed by atoms with Crippen molar-refractivity contribution in [2.24, 2.45) is 0 Å². The Kier molecular flexibility index (Phi) is 6.28. The zero-order valence-electron chi connectivity index (χ0n) is 13.1. The van der Waals surface area contributed by atoms with Crippen molar-refractivity contribution in [2.75, 3.05) is 12.4 Å². The van der Waals surface area contributed by atoms with Gasteiger partial charge in [0.1, 0.15) is 11.5 Å². The van der Waals surface area contributed by atoms with E-state index in [9.17, 15) is 9.59 Å². The van der Waals surface area contributed by atoms with Crippen molar-refractivity contribution >= 4 is 17.7 Å². The second-order valence-electron chi connectivity index (χ2n) is 4.63. The average Bonchev–Trinajstić information content (AvgIpc) is 2.89. The van der Waals surface area contributed by atoms with Gasteiger partial charge in [-0.25, -0.2) is 9.89 Å². The highest BCUT2D eigenvalue weighted by molar-refractivity contribution is 7.99. The van der Waals surface area contributed by atoms with E-state index in [0.717, 1.165) is 12.2 Å². The van der Waals surface area contributed by atoms with E-state index in [-0.39, 0.29) is 11.4 Å². The molecular formula is C15H19N3O4S. The third-order valence-electron chi connectivity index (χ3n) is 2.86. The largest absolute Gasteiger partial charge is 0.494 e. The van der Waals surface area contributed by atoms with E-state index < -0.39 is 5.97 Å². The van der Waals surface area contributed by atoms with Gasteiger partial charge in [0, 0.05) is 6.54 Å². The summed E-state index contributed by atoms with van der Waals surface area (Å²) in [5.74, 6) is 0.841. The van der Waals surface area contributed by atoms with Gasteiger partial charge in [-0.2, -0.15) is 0 Å². The first kappa shape index (κ1) is 17.1. The molecule has 0 aliphatic rings. The van der Waals surface area contributed by atoms with Crippen LogP contribution in [0.15, 0.2) is 34.2 Å². The molecule has 0 fully saturated rings. The highest BCUT2D eigenvalue weighted by atomic mass is 32.2. The Labute approximate surface area is 138 Å². The fourth-order valence-electron chi connectivity index (χ4n) is 1.89. The van der Waals surface area contributed by atoms with Crippen molar-refractivity contribution in [1.82, 2.24) is 14.8 Å². The summed E-state index contributed by atoms with van der Waals surface area (Å²) in [6.07, 6.45) is 0.809. The van der Waals surface area contributed by atoms with Crippen LogP contribution in [0.3, 0.4) is 0 Å². The number of hydrogen-bond acceptors (Lipinski definition) is 6. The lowest BCUT2D eigenvalue weighted by Crippen LogP contribution is -2.18. The Morgan fingerprint density at radius 3 is 2.61 bits per heavy atom. The molecule has 0 spiro atoms. The standard InChI is InChI=1S/C15H19N3O4S/c1-3-9-18-14(20)16-17-15(18)23-10-13(19)22-12-7-5-11(6-8-12)21-4-2/h5-8H,3-4,9-10H2,1-2H3,(H,16,20). The van der Waals surface area contributed by atoms with Gasteiger partial charge in [0.25, 0.3) is 0 Å². The number of nitrogens with one attached hydrogen (secondary N) is 1. The maximum Gasteiger partial charge on any atom is 0.343 e. The highest BCUT2D eigenvalue weighted by Gasteiger charge is 2.12. The minimum Gasteiger partial charge on any atom is -0.494 e. The Hall–Kier alpha value is -2.22. The lowest BCUT2D eigenvalue weighted by atomic mass is 10.3. The maximum absolute atomic E-state index is 11.9. The molecular weight excluding hydrogens is 318 g/mol. The molecule has 1 N–H and O–H groups in total. The number of carbonyl (C=O) groups is 1. The number of hydrogen-bond donors (Lipinski definition) is 1. The zero-order valence-corrected chi connectivity index (χ0v) is 13.9. The molecule has 0 atom stereocenters. The molecule has 0 aliphatic carbocycles. The van der Waals surface area contributed by atoms with Crippen LogP contribution in [0.4, 0.5) is 0 Å². The van der Waals surface area contributed by atoms with Crippen molar-refractivity contribution in [3.63, 3.8) is 0 Å². The first-order valence-electron chi connectivity index (χ1n) is 7.35. The Bertz CT molecular complexity index is 693. The van der Waals surface area contributed by atoms with Crippen molar-refractivity contribution in [3.05, 3.63) is 34.7 Å². The van der Waals surface area contributed by atoms with E-state index in [1.165, 1.54) is 16.3 Å². The summed E-state index contributed by atoms with van der Waals surface area (Å²) in [6, 6.07) is 6.84. The summed E-state index contributed by atoms with van der Waals surface area (Å²) in [6.45, 7) is 5.01. The topological polar surface area (TPSA) is 86.2 Å². The number of H-pyrrole nitrogens is 1. The minimum absolute atomic E-state index is 0.0707. The highest BCUT2D eigenvalue weighted by Crippen LogP contribution is 2.19. The fraction of sp³-hybridized carbons (Fsp3) is 0.400. The molecule has 23 heavy (non-hydrogen) atoms. The monoisotopic (exact) mass is 337 g/mol. The molecule has 8 heteroatoms. The van der Waals surface area contributed by atoms with Crippen LogP contribution in [0.1, 0.15) is 20.3 Å². The second-order valence-corrected chi connectivity index (χ2v) is 5.57. The SMILES string of the molecule is CCCn1c(SCC(=O)Oc2ccc(OCC)cc2)n[nH]c1=O. The average molecular weight is 337 g/mol. The first-order valence-corrected chi connectivity index (χ1v) is 8.34. The number of aromatic amines is 1. The van der Waals surface area contributed by atoms with Gasteiger partial charge < -0.3 is 9.47 Å². The molecule has 124 valence electrons. The van der Waals surface area contributed by atoms with Gasteiger partial charge in [0.15, 0.2) is 5.16 Å². The predicted molar refractivity (Wildman–Crippen MR) is 87.1 cm³/mol. The van der Waals surface area contributed by atoms with Gasteiger partial charge in [0.2, 0.25) is 0 Å². The van der Waals surface area contributed by atoms with E-state index in [4.69, 9.17) is 9.47 Å². The number of rotatable bonds is 8. The van der Waals surface area contributed by atoms with Crippen LogP contribution < -0.4 is 15.2 Å². The molecule has 7 nitrogen and oxygen atoms in total. The van der Waals surface area contributed by atoms with E-state index in [2.05, 4.69) is 10.2 Å². The maximum atomic E-state index is 11.9. The lowest BCUT2D eigenvalue weighted by molar-refractivity contribution is -0.131. The molecule has 0 amide bonds. The zero-order chi connectivity index (χ0) is 16.7. The molecule has 0 radical (unpaired) electrons. The van der Waals surface area contributed by atoms with Crippen LogP contribution in [-0.4, -0.2) is 33.1 Å². The van der Waals surface area contributed by atoms with Crippen LogP contribution in [0.5, 0.6) is 11.5 Å². The van der Waals surface area contributed by atoms with Crippen molar-refractivity contribution < 1.29 is 14.3 Å². The van der Waals surface area contributed by atoms with Crippen LogP contribution in [-0.2, 0) is 11.3 Å². The van der Waals surface area contributed by atoms with Gasteiger partial charge in [-0.3, -0.25) is 9.36 Å². The third-order valence-corrected chi connectivity index (χ3v) is 3.81. The Morgan fingerprint density at radius 2 is 1.96 bits per heavy atom. The van der Waals surface area contributed by atoms with Crippen LogP contribution in [0.25, 0.3) is 0 Å². The van der Waals surface area contributed by atoms with Gasteiger partial charge >= 0.3 is 11.7 Å². The minimum atomic E-state index is -0.405. The van der Waals surface area contributed by atoms with Crippen molar-refractivity contribution in [2.45, 2.75) is 32.0 Å². The third kappa shape index (κ3) is 4.88. The number of carbonyl (C=O) groups excluding carboxylic acids is 1. The normalized spacial score (nSPS) is 10.5. The molecule has 0 saturated heterocycles. The summed E-state index contributed by atoms with van der Waals surface area (Å²) in [5.41, 5.74) is -0.269. The Balaban J connectivity index is 1.89. The number of thioether (sulfide) groups is 1. The smallest absolute Gasteiger partial charge is 0.343 e. The fourth-order valence-corrected chi connectivity index (χ4v) is 2.64. The van der Waals surface area contributed by atoms with Crippen LogP contribution in [0, 0.1) is 0 Å². The molecule has 0 unspecified atom stereocenters. The number of aromatic nitrogens is 3. The lowest BCUT2D eigenvalue weighted by Gasteiger charge is -2.06. The first-order chi connectivity index (χ1) is 11.1. The molecule has 0 bridgehead atoms. The van der Waals surface area contributed by atoms with Crippen molar-refractivity contribution in [3.8, 4) is 11.5 Å². The summed E-state index contributed by atoms with van der Waals surface area (Å²) in [7, 11) is 0. The summed E-state index contributed by atoms with van der Waals surface area (Å²) < 4.78 is 12.1.